The Labute approximate surface area is 206 Å². The van der Waals surface area contributed by atoms with Crippen LogP contribution >= 0.6 is 11.3 Å². The van der Waals surface area contributed by atoms with Crippen molar-refractivity contribution >= 4 is 29.3 Å². The number of hydrogen-bond acceptors (Lipinski definition) is 9. The second-order valence-electron chi connectivity index (χ2n) is 7.98. The molecule has 2 aromatic heterocycles. The topological polar surface area (TPSA) is 95.5 Å². The molecule has 10 heteroatoms. The largest absolute Gasteiger partial charge is 0.497 e. The van der Waals surface area contributed by atoms with E-state index in [-0.39, 0.29) is 17.7 Å². The molecule has 0 fully saturated rings. The van der Waals surface area contributed by atoms with Crippen LogP contribution in [0.3, 0.4) is 0 Å². The maximum Gasteiger partial charge on any atom is 0.338 e. The summed E-state index contributed by atoms with van der Waals surface area (Å²) in [6, 6.07) is 8.07. The second-order valence-corrected chi connectivity index (χ2v) is 8.99. The van der Waals surface area contributed by atoms with E-state index in [1.807, 2.05) is 25.1 Å². The number of furan rings is 1. The molecule has 0 aliphatic carbocycles. The van der Waals surface area contributed by atoms with Crippen LogP contribution in [0.5, 0.6) is 11.5 Å². The lowest BCUT2D eigenvalue weighted by molar-refractivity contribution is -0.139. The molecule has 35 heavy (non-hydrogen) atoms. The van der Waals surface area contributed by atoms with Crippen molar-refractivity contribution in [2.45, 2.75) is 19.9 Å². The summed E-state index contributed by atoms with van der Waals surface area (Å²) in [6.07, 6.45) is 1.68. The molecule has 184 valence electrons. The first-order valence-corrected chi connectivity index (χ1v) is 11.8. The summed E-state index contributed by atoms with van der Waals surface area (Å²) < 4.78 is 24.1. The molecule has 1 aromatic carbocycles. The smallest absolute Gasteiger partial charge is 0.338 e. The van der Waals surface area contributed by atoms with Crippen LogP contribution in [0.15, 0.2) is 55.8 Å². The fourth-order valence-corrected chi connectivity index (χ4v) is 4.95. The Kier molecular flexibility index (Phi) is 6.83. The highest BCUT2D eigenvalue weighted by Crippen LogP contribution is 2.37. The van der Waals surface area contributed by atoms with Crippen molar-refractivity contribution in [1.82, 2.24) is 4.57 Å². The number of hydrogen-bond donors (Lipinski definition) is 0. The first-order valence-electron chi connectivity index (χ1n) is 11.0. The van der Waals surface area contributed by atoms with Crippen LogP contribution in [-0.4, -0.2) is 45.5 Å². The first-order chi connectivity index (χ1) is 16.8. The molecule has 0 N–H and O–H groups in total. The zero-order valence-corrected chi connectivity index (χ0v) is 21.3. The molecule has 0 amide bonds. The normalized spacial score (nSPS) is 15.5. The minimum Gasteiger partial charge on any atom is -0.497 e. The number of ether oxygens (including phenoxy) is 3. The Morgan fingerprint density at radius 1 is 1.23 bits per heavy atom. The fraction of sp³-hybridized carbons (Fsp3) is 0.320. The summed E-state index contributed by atoms with van der Waals surface area (Å²) >= 11 is 1.22. The number of allylic oxidation sites excluding steroid dienone is 1. The number of fused-ring (bicyclic) bond motifs is 1. The summed E-state index contributed by atoms with van der Waals surface area (Å²) in [7, 11) is 6.83. The lowest BCUT2D eigenvalue weighted by atomic mass is 9.95. The van der Waals surface area contributed by atoms with Gasteiger partial charge in [0.05, 0.1) is 36.6 Å². The number of rotatable bonds is 7. The molecule has 0 saturated heterocycles. The van der Waals surface area contributed by atoms with E-state index in [2.05, 4.69) is 4.99 Å². The SMILES string of the molecule is CCOC(=O)C1=C(C)N=c2s/c(=C\c3ccc(N(C)C)o3)c(=O)n2C1c1cc(OC)ccc1OC. The van der Waals surface area contributed by atoms with Crippen LogP contribution in [0.1, 0.15) is 31.2 Å². The van der Waals surface area contributed by atoms with Crippen molar-refractivity contribution in [2.75, 3.05) is 39.8 Å². The van der Waals surface area contributed by atoms with Gasteiger partial charge >= 0.3 is 5.97 Å². The summed E-state index contributed by atoms with van der Waals surface area (Å²) in [5, 5.41) is 0. The number of aromatic nitrogens is 1. The van der Waals surface area contributed by atoms with Gasteiger partial charge < -0.3 is 23.5 Å². The van der Waals surface area contributed by atoms with E-state index in [9.17, 15) is 9.59 Å². The average molecular weight is 498 g/mol. The standard InChI is InChI=1S/C25H27N3O6S/c1-7-33-24(30)21-14(2)26-25-28(22(21)17-12-15(31-5)8-10-18(17)32-6)23(29)19(35-25)13-16-9-11-20(34-16)27(3)4/h8-13,22H,7H2,1-6H3/b19-13-. The quantitative estimate of drug-likeness (QED) is 0.463. The van der Waals surface area contributed by atoms with Crippen molar-refractivity contribution in [3.8, 4) is 11.5 Å². The van der Waals surface area contributed by atoms with E-state index in [1.54, 1.807) is 51.3 Å². The van der Waals surface area contributed by atoms with Crippen molar-refractivity contribution in [1.29, 1.82) is 0 Å². The van der Waals surface area contributed by atoms with Crippen molar-refractivity contribution in [2.24, 2.45) is 4.99 Å². The lowest BCUT2D eigenvalue weighted by Crippen LogP contribution is -2.40. The van der Waals surface area contributed by atoms with E-state index in [0.29, 0.717) is 43.7 Å². The molecule has 3 heterocycles. The number of carbonyl (C=O) groups is 1. The van der Waals surface area contributed by atoms with E-state index >= 15 is 0 Å². The predicted molar refractivity (Wildman–Crippen MR) is 133 cm³/mol. The van der Waals surface area contributed by atoms with Crippen LogP contribution < -0.4 is 29.3 Å². The summed E-state index contributed by atoms with van der Waals surface area (Å²) in [6.45, 7) is 3.66. The molecule has 1 aliphatic rings. The Morgan fingerprint density at radius 2 is 2.00 bits per heavy atom. The monoisotopic (exact) mass is 497 g/mol. The van der Waals surface area contributed by atoms with Gasteiger partial charge in [0.2, 0.25) is 0 Å². The van der Waals surface area contributed by atoms with E-state index in [4.69, 9.17) is 18.6 Å². The molecule has 0 spiro atoms. The molecule has 0 radical (unpaired) electrons. The maximum absolute atomic E-state index is 13.7. The van der Waals surface area contributed by atoms with Gasteiger partial charge in [0.25, 0.3) is 5.56 Å². The number of nitrogens with zero attached hydrogens (tertiary/aromatic N) is 3. The zero-order chi connectivity index (χ0) is 25.3. The summed E-state index contributed by atoms with van der Waals surface area (Å²) in [5.41, 5.74) is 1.02. The van der Waals surface area contributed by atoms with Crippen molar-refractivity contribution in [3.63, 3.8) is 0 Å². The van der Waals surface area contributed by atoms with Crippen LogP contribution in [0.4, 0.5) is 5.88 Å². The summed E-state index contributed by atoms with van der Waals surface area (Å²) in [5.74, 6) is 1.73. The highest BCUT2D eigenvalue weighted by Gasteiger charge is 2.35. The molecule has 9 nitrogen and oxygen atoms in total. The second kappa shape index (κ2) is 9.83. The molecule has 1 atom stereocenters. The molecule has 3 aromatic rings. The molecule has 1 aliphatic heterocycles. The minimum atomic E-state index is -0.813. The average Bonchev–Trinajstić information content (AvgIpc) is 3.42. The lowest BCUT2D eigenvalue weighted by Gasteiger charge is -2.26. The number of benzene rings is 1. The molecule has 0 saturated carbocycles. The number of esters is 1. The third kappa shape index (κ3) is 4.49. The highest BCUT2D eigenvalue weighted by atomic mass is 32.1. The number of carbonyl (C=O) groups excluding carboxylic acids is 1. The Hall–Kier alpha value is -3.79. The Bertz CT molecular complexity index is 1480. The van der Waals surface area contributed by atoms with Gasteiger partial charge in [-0.2, -0.15) is 0 Å². The van der Waals surface area contributed by atoms with Gasteiger partial charge in [-0.25, -0.2) is 9.79 Å². The predicted octanol–water partition coefficient (Wildman–Crippen LogP) is 2.47. The van der Waals surface area contributed by atoms with Gasteiger partial charge in [0, 0.05) is 31.8 Å². The van der Waals surface area contributed by atoms with Crippen molar-refractivity contribution < 1.29 is 23.4 Å². The van der Waals surface area contributed by atoms with Gasteiger partial charge in [-0.15, -0.1) is 0 Å². The molecule has 4 rings (SSSR count). The van der Waals surface area contributed by atoms with Gasteiger partial charge in [0.1, 0.15) is 23.3 Å². The van der Waals surface area contributed by atoms with E-state index in [0.717, 1.165) is 0 Å². The van der Waals surface area contributed by atoms with Gasteiger partial charge in [-0.05, 0) is 38.1 Å². The molecular formula is C25H27N3O6S. The number of anilines is 1. The number of thiazole rings is 1. The third-order valence-electron chi connectivity index (χ3n) is 5.58. The molecule has 0 bridgehead atoms. The Morgan fingerprint density at radius 3 is 2.63 bits per heavy atom. The van der Waals surface area contributed by atoms with Crippen LogP contribution in [-0.2, 0) is 9.53 Å². The Balaban J connectivity index is 1.98. The molecular weight excluding hydrogens is 470 g/mol. The number of methoxy groups -OCH3 is 2. The third-order valence-corrected chi connectivity index (χ3v) is 6.56. The molecule has 1 unspecified atom stereocenters. The zero-order valence-electron chi connectivity index (χ0n) is 20.4. The maximum atomic E-state index is 13.7. The van der Waals surface area contributed by atoms with Crippen molar-refractivity contribution in [3.05, 3.63) is 72.6 Å². The van der Waals surface area contributed by atoms with Crippen LogP contribution in [0, 0.1) is 0 Å². The highest BCUT2D eigenvalue weighted by molar-refractivity contribution is 7.07. The van der Waals surface area contributed by atoms with Gasteiger partial charge in [0.15, 0.2) is 10.7 Å². The van der Waals surface area contributed by atoms with E-state index in [1.165, 1.54) is 23.0 Å². The minimum absolute atomic E-state index is 0.189. The fourth-order valence-electron chi connectivity index (χ4n) is 3.93. The summed E-state index contributed by atoms with van der Waals surface area (Å²) in [4.78, 5) is 33.7. The van der Waals surface area contributed by atoms with Crippen LogP contribution in [0.2, 0.25) is 0 Å². The van der Waals surface area contributed by atoms with E-state index < -0.39 is 12.0 Å². The van der Waals surface area contributed by atoms with Crippen LogP contribution in [0.25, 0.3) is 6.08 Å². The van der Waals surface area contributed by atoms with Gasteiger partial charge in [-0.3, -0.25) is 9.36 Å². The van der Waals surface area contributed by atoms with Gasteiger partial charge in [-0.1, -0.05) is 11.3 Å². The first kappa shape index (κ1) is 24.3.